The molecule has 0 radical (unpaired) electrons. The molecular weight excluding hydrogens is 286 g/mol. The summed E-state index contributed by atoms with van der Waals surface area (Å²) in [6.45, 7) is 1.54. The van der Waals surface area contributed by atoms with Crippen LogP contribution in [0.1, 0.15) is 6.42 Å². The zero-order valence-electron chi connectivity index (χ0n) is 12.5. The molecule has 5 nitrogen and oxygen atoms in total. The number of aliphatic imine (C=N–C) groups is 1. The number of amides is 1. The lowest BCUT2D eigenvalue weighted by Crippen LogP contribution is -2.37. The minimum atomic E-state index is 0.153. The first-order valence-corrected chi connectivity index (χ1v) is 7.85. The highest BCUT2D eigenvalue weighted by Crippen LogP contribution is 2.43. The Morgan fingerprint density at radius 3 is 3.00 bits per heavy atom. The predicted molar refractivity (Wildman–Crippen MR) is 84.6 cm³/mol. The first-order valence-electron chi connectivity index (χ1n) is 6.97. The number of benzene rings is 1. The molecule has 0 unspecified atom stereocenters. The van der Waals surface area contributed by atoms with Gasteiger partial charge in [0, 0.05) is 30.5 Å². The Morgan fingerprint density at radius 2 is 2.29 bits per heavy atom. The van der Waals surface area contributed by atoms with Crippen LogP contribution in [0, 0.1) is 0 Å². The number of rotatable bonds is 4. The lowest BCUT2D eigenvalue weighted by Gasteiger charge is -2.24. The molecule has 3 rings (SSSR count). The molecular formula is C15H19N3O2S. The molecule has 2 aliphatic heterocycles. The second-order valence-electron chi connectivity index (χ2n) is 5.46. The number of methoxy groups -OCH3 is 1. The Morgan fingerprint density at radius 1 is 1.48 bits per heavy atom. The number of likely N-dealkylation sites (tertiary alicyclic amines) is 1. The Balaban J connectivity index is 1.90. The number of nitrogens with zero attached hydrogens (tertiary/aromatic N) is 3. The van der Waals surface area contributed by atoms with E-state index in [9.17, 15) is 4.79 Å². The fourth-order valence-electron chi connectivity index (χ4n) is 2.52. The monoisotopic (exact) mass is 305 g/mol. The van der Waals surface area contributed by atoms with Crippen LogP contribution in [0.4, 0.5) is 5.69 Å². The lowest BCUT2D eigenvalue weighted by atomic mass is 10.3. The molecule has 21 heavy (non-hydrogen) atoms. The minimum absolute atomic E-state index is 0.153. The molecule has 112 valence electrons. The fraction of sp³-hybridized carbons (Fsp3) is 0.467. The summed E-state index contributed by atoms with van der Waals surface area (Å²) in [6, 6.07) is 5.89. The van der Waals surface area contributed by atoms with Crippen LogP contribution in [-0.4, -0.2) is 61.1 Å². The molecule has 0 aromatic heterocycles. The second-order valence-corrected chi connectivity index (χ2v) is 6.71. The normalized spacial score (nSPS) is 20.4. The molecule has 6 heteroatoms. The summed E-state index contributed by atoms with van der Waals surface area (Å²) >= 11 is 1.73. The largest absolute Gasteiger partial charge is 0.497 e. The number of ether oxygens (including phenoxy) is 1. The van der Waals surface area contributed by atoms with Gasteiger partial charge in [-0.05, 0) is 26.2 Å². The lowest BCUT2D eigenvalue weighted by molar-refractivity contribution is -0.125. The molecule has 0 aliphatic carbocycles. The number of hydrogen-bond acceptors (Lipinski definition) is 5. The number of thioether (sulfide) groups is 1. The SMILES string of the molecule is COc1ccc2c(c1)N=C1[C@@H](CC(=O)N1CCN(C)C)S2. The van der Waals surface area contributed by atoms with E-state index in [4.69, 9.17) is 9.73 Å². The van der Waals surface area contributed by atoms with Crippen LogP contribution in [0.3, 0.4) is 0 Å². The first kappa shape index (κ1) is 14.4. The van der Waals surface area contributed by atoms with Crippen LogP contribution in [0.5, 0.6) is 5.75 Å². The molecule has 1 aromatic rings. The highest BCUT2D eigenvalue weighted by atomic mass is 32.2. The summed E-state index contributed by atoms with van der Waals surface area (Å²) in [6.07, 6.45) is 0.544. The van der Waals surface area contributed by atoms with E-state index in [2.05, 4.69) is 4.90 Å². The maximum atomic E-state index is 12.2. The maximum Gasteiger partial charge on any atom is 0.229 e. The summed E-state index contributed by atoms with van der Waals surface area (Å²) in [7, 11) is 5.67. The molecule has 2 aliphatic rings. The van der Waals surface area contributed by atoms with E-state index in [0.717, 1.165) is 28.7 Å². The molecule has 1 saturated heterocycles. The molecule has 1 aromatic carbocycles. The number of likely N-dealkylation sites (N-methyl/N-ethyl adjacent to an activating group) is 1. The van der Waals surface area contributed by atoms with Gasteiger partial charge in [0.15, 0.2) is 0 Å². The van der Waals surface area contributed by atoms with Crippen molar-refractivity contribution in [1.82, 2.24) is 9.80 Å². The van der Waals surface area contributed by atoms with E-state index in [1.165, 1.54) is 0 Å². The van der Waals surface area contributed by atoms with E-state index in [1.807, 2.05) is 37.2 Å². The van der Waals surface area contributed by atoms with Crippen molar-refractivity contribution < 1.29 is 9.53 Å². The molecule has 0 N–H and O–H groups in total. The van der Waals surface area contributed by atoms with Gasteiger partial charge in [-0.25, -0.2) is 4.99 Å². The maximum absolute atomic E-state index is 12.2. The number of carbonyl (C=O) groups is 1. The highest BCUT2D eigenvalue weighted by Gasteiger charge is 2.39. The van der Waals surface area contributed by atoms with Crippen LogP contribution in [0.2, 0.25) is 0 Å². The van der Waals surface area contributed by atoms with Crippen LogP contribution >= 0.6 is 11.8 Å². The second kappa shape index (κ2) is 5.69. The third kappa shape index (κ3) is 2.78. The summed E-state index contributed by atoms with van der Waals surface area (Å²) in [5.74, 6) is 1.86. The van der Waals surface area contributed by atoms with Crippen molar-refractivity contribution in [3.05, 3.63) is 18.2 Å². The van der Waals surface area contributed by atoms with Crippen molar-refractivity contribution in [2.24, 2.45) is 4.99 Å². The van der Waals surface area contributed by atoms with Gasteiger partial charge in [-0.1, -0.05) is 0 Å². The van der Waals surface area contributed by atoms with Gasteiger partial charge in [0.05, 0.1) is 18.0 Å². The Labute approximate surface area is 129 Å². The molecule has 1 fully saturated rings. The van der Waals surface area contributed by atoms with Gasteiger partial charge in [0.2, 0.25) is 5.91 Å². The molecule has 1 amide bonds. The van der Waals surface area contributed by atoms with E-state index in [1.54, 1.807) is 18.9 Å². The average molecular weight is 305 g/mol. The molecule has 0 saturated carbocycles. The van der Waals surface area contributed by atoms with Crippen molar-refractivity contribution >= 4 is 29.2 Å². The molecule has 0 bridgehead atoms. The first-order chi connectivity index (χ1) is 10.1. The van der Waals surface area contributed by atoms with Crippen molar-refractivity contribution in [3.63, 3.8) is 0 Å². The number of fused-ring (bicyclic) bond motifs is 2. The highest BCUT2D eigenvalue weighted by molar-refractivity contribution is 8.01. The molecule has 2 heterocycles. The van der Waals surface area contributed by atoms with Gasteiger partial charge in [-0.15, -0.1) is 11.8 Å². The van der Waals surface area contributed by atoms with Gasteiger partial charge >= 0.3 is 0 Å². The van der Waals surface area contributed by atoms with E-state index in [0.29, 0.717) is 13.0 Å². The topological polar surface area (TPSA) is 45.1 Å². The number of carbonyl (C=O) groups excluding carboxylic acids is 1. The predicted octanol–water partition coefficient (Wildman–Crippen LogP) is 1.99. The third-order valence-corrected chi connectivity index (χ3v) is 4.93. The molecule has 1 atom stereocenters. The fourth-order valence-corrected chi connectivity index (χ4v) is 3.71. The van der Waals surface area contributed by atoms with E-state index >= 15 is 0 Å². The Kier molecular flexibility index (Phi) is 3.91. The van der Waals surface area contributed by atoms with Crippen molar-refractivity contribution in [2.45, 2.75) is 16.6 Å². The van der Waals surface area contributed by atoms with Crippen molar-refractivity contribution in [1.29, 1.82) is 0 Å². The van der Waals surface area contributed by atoms with Gasteiger partial charge in [0.25, 0.3) is 0 Å². The van der Waals surface area contributed by atoms with Crippen LogP contribution in [-0.2, 0) is 4.79 Å². The Bertz CT molecular complexity index is 601. The summed E-state index contributed by atoms with van der Waals surface area (Å²) < 4.78 is 5.25. The van der Waals surface area contributed by atoms with E-state index in [-0.39, 0.29) is 11.2 Å². The Hall–Kier alpha value is -1.53. The molecule has 0 spiro atoms. The van der Waals surface area contributed by atoms with Crippen LogP contribution in [0.25, 0.3) is 0 Å². The minimum Gasteiger partial charge on any atom is -0.497 e. The van der Waals surface area contributed by atoms with Crippen LogP contribution < -0.4 is 4.74 Å². The van der Waals surface area contributed by atoms with Gasteiger partial charge in [-0.2, -0.15) is 0 Å². The zero-order valence-corrected chi connectivity index (χ0v) is 13.3. The van der Waals surface area contributed by atoms with Gasteiger partial charge < -0.3 is 9.64 Å². The van der Waals surface area contributed by atoms with E-state index < -0.39 is 0 Å². The average Bonchev–Trinajstić information content (AvgIpc) is 2.76. The van der Waals surface area contributed by atoms with Crippen LogP contribution in [0.15, 0.2) is 28.1 Å². The van der Waals surface area contributed by atoms with Gasteiger partial charge in [0.1, 0.15) is 11.6 Å². The number of amidine groups is 1. The summed E-state index contributed by atoms with van der Waals surface area (Å²) in [5.41, 5.74) is 0.898. The standard InChI is InChI=1S/C15H19N3O2S/c1-17(2)6-7-18-14(19)9-13-15(18)16-11-8-10(20-3)4-5-12(11)21-13/h4-5,8,13H,6-7,9H2,1-3H3/t13-/m1/s1. The third-order valence-electron chi connectivity index (χ3n) is 3.67. The summed E-state index contributed by atoms with van der Waals surface area (Å²) in [5, 5.41) is 0.153. The summed E-state index contributed by atoms with van der Waals surface area (Å²) in [4.78, 5) is 22.0. The quantitative estimate of drug-likeness (QED) is 0.853. The number of hydrogen-bond donors (Lipinski definition) is 0. The zero-order chi connectivity index (χ0) is 15.0. The van der Waals surface area contributed by atoms with Crippen molar-refractivity contribution in [2.75, 3.05) is 34.3 Å². The van der Waals surface area contributed by atoms with Crippen molar-refractivity contribution in [3.8, 4) is 5.75 Å². The van der Waals surface area contributed by atoms with Gasteiger partial charge in [-0.3, -0.25) is 9.69 Å². The smallest absolute Gasteiger partial charge is 0.229 e.